The van der Waals surface area contributed by atoms with Gasteiger partial charge in [0.05, 0.1) is 12.7 Å². The number of benzene rings is 1. The number of carbonyl (C=O) groups is 1. The molecule has 0 radical (unpaired) electrons. The van der Waals surface area contributed by atoms with Crippen molar-refractivity contribution in [2.24, 2.45) is 7.05 Å². The molecule has 2 atom stereocenters. The van der Waals surface area contributed by atoms with E-state index in [1.54, 1.807) is 10.9 Å². The third kappa shape index (κ3) is 4.29. The molecule has 152 valence electrons. The summed E-state index contributed by atoms with van der Waals surface area (Å²) in [6, 6.07) is 8.96. The zero-order valence-electron chi connectivity index (χ0n) is 17.3. The van der Waals surface area contributed by atoms with Gasteiger partial charge in [0, 0.05) is 36.3 Å². The van der Waals surface area contributed by atoms with Crippen molar-refractivity contribution in [2.75, 3.05) is 11.9 Å². The average molecular weight is 393 g/mol. The Morgan fingerprint density at radius 1 is 1.24 bits per heavy atom. The van der Waals surface area contributed by atoms with Crippen molar-refractivity contribution in [3.05, 3.63) is 36.7 Å². The highest BCUT2D eigenvalue weighted by molar-refractivity contribution is 5.94. The van der Waals surface area contributed by atoms with Crippen molar-refractivity contribution in [1.29, 1.82) is 0 Å². The summed E-state index contributed by atoms with van der Waals surface area (Å²) in [6.07, 6.45) is 8.32. The summed E-state index contributed by atoms with van der Waals surface area (Å²) in [6.45, 7) is 4.84. The second-order valence-electron chi connectivity index (χ2n) is 8.00. The Balaban J connectivity index is 1.49. The standard InChI is InChI=1S/C22H28N6O/c1-4-5-19-9-6-15(2)28(19)14-22(29)24-21-11-18-10-16(7-8-17(18)12-23-21)20-13-27(3)26-25-20/h7-8,10-13,15,19H,4-6,9,14H2,1-3H3,(H,23,24,29). The number of hydrogen-bond donors (Lipinski definition) is 1. The molecule has 1 aliphatic rings. The van der Waals surface area contributed by atoms with Gasteiger partial charge in [0.15, 0.2) is 0 Å². The zero-order valence-corrected chi connectivity index (χ0v) is 17.3. The lowest BCUT2D eigenvalue weighted by Gasteiger charge is -2.27. The van der Waals surface area contributed by atoms with Gasteiger partial charge in [0.2, 0.25) is 5.91 Å². The molecule has 3 heterocycles. The SMILES string of the molecule is CCCC1CCC(C)N1CC(=O)Nc1cc2cc(-c3cn(C)nn3)ccc2cn1. The largest absolute Gasteiger partial charge is 0.310 e. The number of likely N-dealkylation sites (tertiary alicyclic amines) is 1. The number of anilines is 1. The average Bonchev–Trinajstić information content (AvgIpc) is 3.28. The number of fused-ring (bicyclic) bond motifs is 1. The summed E-state index contributed by atoms with van der Waals surface area (Å²) in [5.74, 6) is 0.578. The van der Waals surface area contributed by atoms with Crippen LogP contribution in [-0.2, 0) is 11.8 Å². The number of rotatable bonds is 6. The molecule has 2 unspecified atom stereocenters. The minimum absolute atomic E-state index is 0.00298. The lowest BCUT2D eigenvalue weighted by atomic mass is 10.1. The first-order valence-electron chi connectivity index (χ1n) is 10.4. The van der Waals surface area contributed by atoms with E-state index >= 15 is 0 Å². The summed E-state index contributed by atoms with van der Waals surface area (Å²) >= 11 is 0. The van der Waals surface area contributed by atoms with E-state index in [-0.39, 0.29) is 5.91 Å². The molecule has 1 N–H and O–H groups in total. The van der Waals surface area contributed by atoms with Crippen LogP contribution in [0, 0.1) is 0 Å². The third-order valence-corrected chi connectivity index (χ3v) is 5.79. The molecule has 3 aromatic rings. The first kappa shape index (κ1) is 19.5. The van der Waals surface area contributed by atoms with Crippen LogP contribution in [0.5, 0.6) is 0 Å². The second kappa shape index (κ2) is 8.29. The van der Waals surface area contributed by atoms with E-state index in [4.69, 9.17) is 0 Å². The quantitative estimate of drug-likeness (QED) is 0.693. The van der Waals surface area contributed by atoms with Gasteiger partial charge in [-0.3, -0.25) is 14.4 Å². The van der Waals surface area contributed by atoms with Crippen LogP contribution >= 0.6 is 0 Å². The molecule has 0 aliphatic carbocycles. The first-order valence-corrected chi connectivity index (χ1v) is 10.4. The number of nitrogens with one attached hydrogen (secondary N) is 1. The summed E-state index contributed by atoms with van der Waals surface area (Å²) in [5.41, 5.74) is 1.81. The molecule has 7 heteroatoms. The normalized spacial score (nSPS) is 19.7. The molecule has 4 rings (SSSR count). The van der Waals surface area contributed by atoms with Crippen LogP contribution in [0.1, 0.15) is 39.5 Å². The van der Waals surface area contributed by atoms with Gasteiger partial charge in [-0.2, -0.15) is 0 Å². The Morgan fingerprint density at radius 2 is 2.10 bits per heavy atom. The van der Waals surface area contributed by atoms with Gasteiger partial charge in [-0.1, -0.05) is 30.7 Å². The van der Waals surface area contributed by atoms with E-state index in [9.17, 15) is 4.79 Å². The van der Waals surface area contributed by atoms with Crippen molar-refractivity contribution in [1.82, 2.24) is 24.9 Å². The molecule has 2 aromatic heterocycles. The van der Waals surface area contributed by atoms with Crippen LogP contribution in [0.15, 0.2) is 36.7 Å². The Morgan fingerprint density at radius 3 is 2.86 bits per heavy atom. The monoisotopic (exact) mass is 392 g/mol. The maximum Gasteiger partial charge on any atom is 0.239 e. The molecule has 29 heavy (non-hydrogen) atoms. The van der Waals surface area contributed by atoms with E-state index in [0.29, 0.717) is 24.4 Å². The lowest BCUT2D eigenvalue weighted by Crippen LogP contribution is -2.40. The molecular weight excluding hydrogens is 364 g/mol. The van der Waals surface area contributed by atoms with Crippen LogP contribution in [0.2, 0.25) is 0 Å². The van der Waals surface area contributed by atoms with Crippen molar-refractivity contribution in [3.8, 4) is 11.3 Å². The molecule has 1 saturated heterocycles. The van der Waals surface area contributed by atoms with Gasteiger partial charge in [-0.25, -0.2) is 4.98 Å². The van der Waals surface area contributed by atoms with Crippen LogP contribution < -0.4 is 5.32 Å². The van der Waals surface area contributed by atoms with E-state index in [2.05, 4.69) is 45.4 Å². The number of hydrogen-bond acceptors (Lipinski definition) is 5. The highest BCUT2D eigenvalue weighted by Crippen LogP contribution is 2.27. The minimum Gasteiger partial charge on any atom is -0.310 e. The Bertz CT molecular complexity index is 1010. The predicted octanol–water partition coefficient (Wildman–Crippen LogP) is 3.62. The van der Waals surface area contributed by atoms with Gasteiger partial charge in [0.1, 0.15) is 11.5 Å². The molecule has 1 fully saturated rings. The molecule has 0 bridgehead atoms. The van der Waals surface area contributed by atoms with Crippen LogP contribution in [-0.4, -0.2) is 49.4 Å². The zero-order chi connectivity index (χ0) is 20.4. The van der Waals surface area contributed by atoms with Gasteiger partial charge in [-0.05, 0) is 43.7 Å². The van der Waals surface area contributed by atoms with E-state index < -0.39 is 0 Å². The minimum atomic E-state index is -0.00298. The van der Waals surface area contributed by atoms with Crippen molar-refractivity contribution < 1.29 is 4.79 Å². The fourth-order valence-electron chi connectivity index (χ4n) is 4.25. The van der Waals surface area contributed by atoms with Gasteiger partial charge >= 0.3 is 0 Å². The van der Waals surface area contributed by atoms with Gasteiger partial charge in [-0.15, -0.1) is 5.10 Å². The summed E-state index contributed by atoms with van der Waals surface area (Å²) in [7, 11) is 1.85. The highest BCUT2D eigenvalue weighted by Gasteiger charge is 2.31. The second-order valence-corrected chi connectivity index (χ2v) is 8.00. The molecule has 0 spiro atoms. The van der Waals surface area contributed by atoms with Crippen molar-refractivity contribution in [3.63, 3.8) is 0 Å². The lowest BCUT2D eigenvalue weighted by molar-refractivity contribution is -0.118. The first-order chi connectivity index (χ1) is 14.0. The van der Waals surface area contributed by atoms with E-state index in [0.717, 1.165) is 41.3 Å². The van der Waals surface area contributed by atoms with Crippen LogP contribution in [0.3, 0.4) is 0 Å². The van der Waals surface area contributed by atoms with Crippen molar-refractivity contribution in [2.45, 2.75) is 51.6 Å². The third-order valence-electron chi connectivity index (χ3n) is 5.79. The number of aryl methyl sites for hydroxylation is 1. The maximum absolute atomic E-state index is 12.7. The Hall–Kier alpha value is -2.80. The topological polar surface area (TPSA) is 75.9 Å². The van der Waals surface area contributed by atoms with Gasteiger partial charge < -0.3 is 5.32 Å². The molecular formula is C22H28N6O. The Kier molecular flexibility index (Phi) is 5.58. The van der Waals surface area contributed by atoms with Crippen molar-refractivity contribution >= 4 is 22.5 Å². The number of carbonyl (C=O) groups excluding carboxylic acids is 1. The van der Waals surface area contributed by atoms with Gasteiger partial charge in [0.25, 0.3) is 0 Å². The highest BCUT2D eigenvalue weighted by atomic mass is 16.2. The molecule has 1 amide bonds. The molecule has 1 aliphatic heterocycles. The fraction of sp³-hybridized carbons (Fsp3) is 0.455. The summed E-state index contributed by atoms with van der Waals surface area (Å²) in [5, 5.41) is 13.2. The maximum atomic E-state index is 12.7. The number of aromatic nitrogens is 4. The fourth-order valence-corrected chi connectivity index (χ4v) is 4.25. The Labute approximate surface area is 171 Å². The van der Waals surface area contributed by atoms with Crippen LogP contribution in [0.25, 0.3) is 22.0 Å². The molecule has 7 nitrogen and oxygen atoms in total. The smallest absolute Gasteiger partial charge is 0.239 e. The summed E-state index contributed by atoms with van der Waals surface area (Å²) in [4.78, 5) is 19.4. The summed E-state index contributed by atoms with van der Waals surface area (Å²) < 4.78 is 1.68. The molecule has 1 aromatic carbocycles. The predicted molar refractivity (Wildman–Crippen MR) is 114 cm³/mol. The number of nitrogens with zero attached hydrogens (tertiary/aromatic N) is 5. The van der Waals surface area contributed by atoms with E-state index in [1.807, 2.05) is 31.4 Å². The van der Waals surface area contributed by atoms with Crippen LogP contribution in [0.4, 0.5) is 5.82 Å². The molecule has 0 saturated carbocycles. The number of amides is 1. The van der Waals surface area contributed by atoms with E-state index in [1.165, 1.54) is 6.42 Å². The number of pyridine rings is 1.